The van der Waals surface area contributed by atoms with Gasteiger partial charge in [-0.2, -0.15) is 4.98 Å². The predicted molar refractivity (Wildman–Crippen MR) is 96.5 cm³/mol. The minimum absolute atomic E-state index is 0.0710. The number of amides is 1. The molecule has 3 aromatic rings. The van der Waals surface area contributed by atoms with Crippen LogP contribution in [0.3, 0.4) is 0 Å². The van der Waals surface area contributed by atoms with E-state index in [1.165, 1.54) is 17.4 Å². The number of nitrogens with one attached hydrogen (secondary N) is 1. The second kappa shape index (κ2) is 7.75. The van der Waals surface area contributed by atoms with Crippen molar-refractivity contribution >= 4 is 17.0 Å². The van der Waals surface area contributed by atoms with E-state index in [-0.39, 0.29) is 18.3 Å². The van der Waals surface area contributed by atoms with Gasteiger partial charge in [0.05, 0.1) is 12.1 Å². The van der Waals surface area contributed by atoms with Gasteiger partial charge in [0.15, 0.2) is 11.4 Å². The lowest BCUT2D eigenvalue weighted by Gasteiger charge is -2.13. The van der Waals surface area contributed by atoms with Gasteiger partial charge in [-0.3, -0.25) is 9.36 Å². The van der Waals surface area contributed by atoms with Crippen molar-refractivity contribution in [2.45, 2.75) is 25.8 Å². The van der Waals surface area contributed by atoms with E-state index < -0.39 is 11.7 Å². The molecule has 4 rings (SSSR count). The Labute approximate surface area is 154 Å². The summed E-state index contributed by atoms with van der Waals surface area (Å²) in [6.45, 7) is 3.89. The largest absolute Gasteiger partial charge is 0.420 e. The number of oxazole rings is 1. The standard InChI is InChI=1S/C18H21N5O4/c24-16(19-8-5-11-22-9-3-4-10-22)17-20-15(21-27-17)12-23-13-6-1-2-7-14(13)26-18(23)25/h1-2,6-7H,3-5,8-12H2,(H,19,24). The monoisotopic (exact) mass is 371 g/mol. The summed E-state index contributed by atoms with van der Waals surface area (Å²) in [7, 11) is 0. The molecule has 1 amide bonds. The first-order chi connectivity index (χ1) is 13.2. The van der Waals surface area contributed by atoms with Crippen LogP contribution < -0.4 is 11.1 Å². The Kier molecular flexibility index (Phi) is 5.01. The highest BCUT2D eigenvalue weighted by atomic mass is 16.5. The zero-order chi connectivity index (χ0) is 18.6. The zero-order valence-corrected chi connectivity index (χ0v) is 14.9. The van der Waals surface area contributed by atoms with E-state index in [2.05, 4.69) is 20.4 Å². The van der Waals surface area contributed by atoms with Gasteiger partial charge >= 0.3 is 17.6 Å². The Morgan fingerprint density at radius 1 is 1.22 bits per heavy atom. The van der Waals surface area contributed by atoms with Crippen LogP contribution in [0.2, 0.25) is 0 Å². The summed E-state index contributed by atoms with van der Waals surface area (Å²) in [5.41, 5.74) is 1.13. The summed E-state index contributed by atoms with van der Waals surface area (Å²) in [6.07, 6.45) is 3.39. The molecule has 0 saturated carbocycles. The van der Waals surface area contributed by atoms with Crippen molar-refractivity contribution in [2.75, 3.05) is 26.2 Å². The highest BCUT2D eigenvalue weighted by molar-refractivity contribution is 5.89. The molecule has 0 atom stereocenters. The van der Waals surface area contributed by atoms with E-state index in [4.69, 9.17) is 8.94 Å². The van der Waals surface area contributed by atoms with E-state index in [9.17, 15) is 9.59 Å². The van der Waals surface area contributed by atoms with Crippen molar-refractivity contribution in [1.29, 1.82) is 0 Å². The maximum absolute atomic E-state index is 12.1. The van der Waals surface area contributed by atoms with E-state index in [0.29, 0.717) is 17.6 Å². The SMILES string of the molecule is O=C(NCCCN1CCCC1)c1nc(Cn2c(=O)oc3ccccc32)no1. The Bertz CT molecular complexity index is 983. The molecule has 142 valence electrons. The molecule has 2 aromatic heterocycles. The summed E-state index contributed by atoms with van der Waals surface area (Å²) < 4.78 is 11.6. The molecule has 3 heterocycles. The van der Waals surface area contributed by atoms with Crippen LogP contribution in [0.25, 0.3) is 11.1 Å². The van der Waals surface area contributed by atoms with Crippen LogP contribution in [0.15, 0.2) is 38.0 Å². The normalized spacial score (nSPS) is 14.8. The third kappa shape index (κ3) is 3.92. The molecule has 0 radical (unpaired) electrons. The Hall–Kier alpha value is -2.94. The van der Waals surface area contributed by atoms with Gasteiger partial charge in [-0.1, -0.05) is 17.3 Å². The summed E-state index contributed by atoms with van der Waals surface area (Å²) in [5, 5.41) is 6.58. The smallest absolute Gasteiger partial charge is 0.408 e. The fraction of sp³-hybridized carbons (Fsp3) is 0.444. The minimum Gasteiger partial charge on any atom is -0.408 e. The van der Waals surface area contributed by atoms with Gasteiger partial charge in [-0.15, -0.1) is 0 Å². The molecule has 1 saturated heterocycles. The lowest BCUT2D eigenvalue weighted by molar-refractivity contribution is 0.0908. The second-order valence-corrected chi connectivity index (χ2v) is 6.60. The summed E-state index contributed by atoms with van der Waals surface area (Å²) in [5.74, 6) is -0.772. The molecule has 1 aromatic carbocycles. The first-order valence-electron chi connectivity index (χ1n) is 9.12. The first kappa shape index (κ1) is 17.5. The molecule has 0 spiro atoms. The molecule has 0 unspecified atom stereocenters. The number of carbonyl (C=O) groups is 1. The number of hydrogen-bond acceptors (Lipinski definition) is 7. The topological polar surface area (TPSA) is 106 Å². The Morgan fingerprint density at radius 2 is 2.04 bits per heavy atom. The maximum atomic E-state index is 12.1. The van der Waals surface area contributed by atoms with Gasteiger partial charge in [-0.05, 0) is 51.0 Å². The van der Waals surface area contributed by atoms with Crippen LogP contribution in [0.1, 0.15) is 35.8 Å². The number of carbonyl (C=O) groups excluding carboxylic acids is 1. The first-order valence-corrected chi connectivity index (χ1v) is 9.12. The van der Waals surface area contributed by atoms with E-state index in [1.807, 2.05) is 6.07 Å². The third-order valence-electron chi connectivity index (χ3n) is 4.67. The average molecular weight is 371 g/mol. The molecule has 1 aliphatic heterocycles. The number of benzene rings is 1. The van der Waals surface area contributed by atoms with Crippen molar-refractivity contribution in [3.05, 3.63) is 46.5 Å². The van der Waals surface area contributed by atoms with Crippen LogP contribution in [-0.2, 0) is 6.54 Å². The Morgan fingerprint density at radius 3 is 2.89 bits per heavy atom. The maximum Gasteiger partial charge on any atom is 0.420 e. The molecule has 9 nitrogen and oxygen atoms in total. The lowest BCUT2D eigenvalue weighted by atomic mass is 10.3. The van der Waals surface area contributed by atoms with Crippen LogP contribution in [0.5, 0.6) is 0 Å². The third-order valence-corrected chi connectivity index (χ3v) is 4.67. The van der Waals surface area contributed by atoms with Gasteiger partial charge in [0.2, 0.25) is 0 Å². The molecule has 1 aliphatic rings. The van der Waals surface area contributed by atoms with Gasteiger partial charge in [0.1, 0.15) is 0 Å². The highest BCUT2D eigenvalue weighted by Gasteiger charge is 2.17. The van der Waals surface area contributed by atoms with E-state index >= 15 is 0 Å². The number of nitrogens with zero attached hydrogens (tertiary/aromatic N) is 4. The second-order valence-electron chi connectivity index (χ2n) is 6.60. The quantitative estimate of drug-likeness (QED) is 0.623. The van der Waals surface area contributed by atoms with Gasteiger partial charge in [0.25, 0.3) is 0 Å². The van der Waals surface area contributed by atoms with Crippen molar-refractivity contribution in [3.8, 4) is 0 Å². The summed E-state index contributed by atoms with van der Waals surface area (Å²) >= 11 is 0. The number of para-hydroxylation sites is 2. The van der Waals surface area contributed by atoms with Crippen molar-refractivity contribution in [3.63, 3.8) is 0 Å². The summed E-state index contributed by atoms with van der Waals surface area (Å²) in [6, 6.07) is 7.08. The fourth-order valence-corrected chi connectivity index (χ4v) is 3.30. The van der Waals surface area contributed by atoms with E-state index in [0.717, 1.165) is 26.1 Å². The zero-order valence-electron chi connectivity index (χ0n) is 14.9. The van der Waals surface area contributed by atoms with Crippen LogP contribution in [0.4, 0.5) is 0 Å². The van der Waals surface area contributed by atoms with Crippen molar-refractivity contribution in [2.24, 2.45) is 0 Å². The molecule has 27 heavy (non-hydrogen) atoms. The van der Waals surface area contributed by atoms with Gasteiger partial charge in [-0.25, -0.2) is 4.79 Å². The Balaban J connectivity index is 1.34. The molecule has 0 aliphatic carbocycles. The summed E-state index contributed by atoms with van der Waals surface area (Å²) in [4.78, 5) is 30.6. The van der Waals surface area contributed by atoms with Crippen LogP contribution in [0, 0.1) is 0 Å². The highest BCUT2D eigenvalue weighted by Crippen LogP contribution is 2.13. The van der Waals surface area contributed by atoms with E-state index in [1.54, 1.807) is 18.2 Å². The van der Waals surface area contributed by atoms with Gasteiger partial charge < -0.3 is 19.2 Å². The number of fused-ring (bicyclic) bond motifs is 1. The molecule has 9 heteroatoms. The van der Waals surface area contributed by atoms with Gasteiger partial charge in [0, 0.05) is 6.54 Å². The minimum atomic E-state index is -0.506. The molecular formula is C18H21N5O4. The number of hydrogen-bond donors (Lipinski definition) is 1. The fourth-order valence-electron chi connectivity index (χ4n) is 3.30. The molecule has 1 fully saturated rings. The van der Waals surface area contributed by atoms with Crippen LogP contribution in [-0.4, -0.2) is 51.7 Å². The number of aromatic nitrogens is 3. The predicted octanol–water partition coefficient (Wildman–Crippen LogP) is 1.24. The molecule has 1 N–H and O–H groups in total. The van der Waals surface area contributed by atoms with Crippen molar-refractivity contribution < 1.29 is 13.7 Å². The van der Waals surface area contributed by atoms with Crippen molar-refractivity contribution in [1.82, 2.24) is 24.9 Å². The molecular weight excluding hydrogens is 350 g/mol. The average Bonchev–Trinajstić information content (AvgIpc) is 3.40. The number of likely N-dealkylation sites (tertiary alicyclic amines) is 1. The number of rotatable bonds is 7. The lowest BCUT2D eigenvalue weighted by Crippen LogP contribution is -2.28. The molecule has 0 bridgehead atoms. The van der Waals surface area contributed by atoms with Crippen LogP contribution >= 0.6 is 0 Å².